The first-order chi connectivity index (χ1) is 6.74. The van der Waals surface area contributed by atoms with Crippen molar-refractivity contribution in [2.45, 2.75) is 38.1 Å². The molecule has 2 unspecified atom stereocenters. The van der Waals surface area contributed by atoms with Crippen LogP contribution in [0.3, 0.4) is 0 Å². The highest BCUT2D eigenvalue weighted by Crippen LogP contribution is 2.34. The molecule has 1 aliphatic carbocycles. The zero-order valence-corrected chi connectivity index (χ0v) is 8.46. The smallest absolute Gasteiger partial charge is 0.126 e. The minimum absolute atomic E-state index is 0.0622. The molecule has 2 heteroatoms. The summed E-state index contributed by atoms with van der Waals surface area (Å²) in [5.74, 6) is 0.280. The second kappa shape index (κ2) is 3.70. The van der Waals surface area contributed by atoms with Crippen LogP contribution in [0.5, 0.6) is 0 Å². The number of hydrogen-bond acceptors (Lipinski definition) is 1. The Kier molecular flexibility index (Phi) is 2.55. The van der Waals surface area contributed by atoms with E-state index in [1.165, 1.54) is 0 Å². The minimum atomic E-state index is -0.0622. The Balaban J connectivity index is 2.46. The van der Waals surface area contributed by atoms with Crippen LogP contribution in [0.25, 0.3) is 0 Å². The Morgan fingerprint density at radius 1 is 1.50 bits per heavy atom. The molecule has 0 radical (unpaired) electrons. The summed E-state index contributed by atoms with van der Waals surface area (Å²) in [6.07, 6.45) is 2.70. The van der Waals surface area contributed by atoms with E-state index in [9.17, 15) is 4.39 Å². The summed E-state index contributed by atoms with van der Waals surface area (Å²) in [5, 5.41) is 0. The van der Waals surface area contributed by atoms with Gasteiger partial charge in [0.2, 0.25) is 0 Å². The van der Waals surface area contributed by atoms with Gasteiger partial charge in [0.05, 0.1) is 0 Å². The summed E-state index contributed by atoms with van der Waals surface area (Å²) in [6.45, 7) is 2.12. The van der Waals surface area contributed by atoms with Gasteiger partial charge in [-0.25, -0.2) is 4.39 Å². The normalized spacial score (nSPS) is 25.9. The van der Waals surface area contributed by atoms with E-state index in [1.807, 2.05) is 6.07 Å². The van der Waals surface area contributed by atoms with Crippen LogP contribution in [0.2, 0.25) is 0 Å². The van der Waals surface area contributed by atoms with E-state index in [0.29, 0.717) is 5.92 Å². The molecule has 0 bridgehead atoms. The van der Waals surface area contributed by atoms with Crippen LogP contribution in [0.1, 0.15) is 36.8 Å². The van der Waals surface area contributed by atoms with Crippen LogP contribution in [0, 0.1) is 5.82 Å². The van der Waals surface area contributed by atoms with E-state index in [-0.39, 0.29) is 11.9 Å². The molecule has 1 aromatic rings. The molecule has 0 fully saturated rings. The maximum absolute atomic E-state index is 13.5. The maximum Gasteiger partial charge on any atom is 0.126 e. The molecule has 1 aliphatic rings. The average Bonchev–Trinajstić information content (AvgIpc) is 2.18. The number of benzene rings is 1. The van der Waals surface area contributed by atoms with Crippen molar-refractivity contribution >= 4 is 0 Å². The van der Waals surface area contributed by atoms with Gasteiger partial charge in [0.25, 0.3) is 0 Å². The molecule has 2 rings (SSSR count). The van der Waals surface area contributed by atoms with Crippen molar-refractivity contribution < 1.29 is 4.39 Å². The molecule has 0 spiro atoms. The van der Waals surface area contributed by atoms with Gasteiger partial charge in [-0.1, -0.05) is 19.1 Å². The molecule has 2 N–H and O–H groups in total. The van der Waals surface area contributed by atoms with Gasteiger partial charge in [0.1, 0.15) is 5.82 Å². The molecule has 0 heterocycles. The van der Waals surface area contributed by atoms with Gasteiger partial charge in [-0.05, 0) is 42.4 Å². The lowest BCUT2D eigenvalue weighted by atomic mass is 9.78. The van der Waals surface area contributed by atoms with Crippen LogP contribution >= 0.6 is 0 Å². The van der Waals surface area contributed by atoms with E-state index < -0.39 is 0 Å². The third-order valence-corrected chi connectivity index (χ3v) is 3.24. The lowest BCUT2D eigenvalue weighted by Gasteiger charge is -2.30. The average molecular weight is 193 g/mol. The van der Waals surface area contributed by atoms with Gasteiger partial charge in [-0.15, -0.1) is 0 Å². The van der Waals surface area contributed by atoms with Gasteiger partial charge in [-0.2, -0.15) is 0 Å². The number of nitrogens with two attached hydrogens (primary N) is 1. The van der Waals surface area contributed by atoms with E-state index >= 15 is 0 Å². The standard InChI is InChI=1S/C12H16FN/c1-2-8-9-4-3-5-11(13)10(9)6-7-12(8)14/h3-5,8,12H,2,6-7,14H2,1H3. The fourth-order valence-corrected chi connectivity index (χ4v) is 2.45. The van der Waals surface area contributed by atoms with Crippen LogP contribution in [0.4, 0.5) is 4.39 Å². The van der Waals surface area contributed by atoms with E-state index in [1.54, 1.807) is 12.1 Å². The predicted octanol–water partition coefficient (Wildman–Crippen LogP) is 2.59. The Morgan fingerprint density at radius 2 is 2.29 bits per heavy atom. The van der Waals surface area contributed by atoms with Crippen LogP contribution < -0.4 is 5.73 Å². The molecule has 1 nitrogen and oxygen atoms in total. The first-order valence-corrected chi connectivity index (χ1v) is 5.27. The molecular weight excluding hydrogens is 177 g/mol. The van der Waals surface area contributed by atoms with E-state index in [0.717, 1.165) is 30.4 Å². The predicted molar refractivity (Wildman–Crippen MR) is 55.7 cm³/mol. The van der Waals surface area contributed by atoms with Gasteiger partial charge in [-0.3, -0.25) is 0 Å². The van der Waals surface area contributed by atoms with Crippen LogP contribution in [-0.2, 0) is 6.42 Å². The van der Waals surface area contributed by atoms with Crippen molar-refractivity contribution in [3.63, 3.8) is 0 Å². The quantitative estimate of drug-likeness (QED) is 0.729. The van der Waals surface area contributed by atoms with Gasteiger partial charge < -0.3 is 5.73 Å². The molecular formula is C12H16FN. The summed E-state index contributed by atoms with van der Waals surface area (Å²) in [6, 6.07) is 5.55. The van der Waals surface area contributed by atoms with Gasteiger partial charge in [0.15, 0.2) is 0 Å². The lowest BCUT2D eigenvalue weighted by molar-refractivity contribution is 0.447. The van der Waals surface area contributed by atoms with Crippen molar-refractivity contribution in [1.82, 2.24) is 0 Å². The Morgan fingerprint density at radius 3 is 3.00 bits per heavy atom. The highest BCUT2D eigenvalue weighted by atomic mass is 19.1. The van der Waals surface area contributed by atoms with Crippen molar-refractivity contribution in [2.75, 3.05) is 0 Å². The maximum atomic E-state index is 13.5. The Hall–Kier alpha value is -0.890. The Labute approximate surface area is 84.1 Å². The molecule has 76 valence electrons. The minimum Gasteiger partial charge on any atom is -0.327 e. The summed E-state index contributed by atoms with van der Waals surface area (Å²) in [7, 11) is 0. The first-order valence-electron chi connectivity index (χ1n) is 5.27. The summed E-state index contributed by atoms with van der Waals surface area (Å²) < 4.78 is 13.5. The highest BCUT2D eigenvalue weighted by molar-refractivity contribution is 5.35. The van der Waals surface area contributed by atoms with E-state index in [4.69, 9.17) is 5.73 Å². The number of fused-ring (bicyclic) bond motifs is 1. The molecule has 0 saturated heterocycles. The van der Waals surface area contributed by atoms with Crippen molar-refractivity contribution in [3.8, 4) is 0 Å². The summed E-state index contributed by atoms with van der Waals surface area (Å²) >= 11 is 0. The third-order valence-electron chi connectivity index (χ3n) is 3.24. The van der Waals surface area contributed by atoms with Crippen LogP contribution in [-0.4, -0.2) is 6.04 Å². The number of halogens is 1. The van der Waals surface area contributed by atoms with Gasteiger partial charge in [0, 0.05) is 6.04 Å². The number of rotatable bonds is 1. The molecule has 14 heavy (non-hydrogen) atoms. The summed E-state index contributed by atoms with van der Waals surface area (Å²) in [4.78, 5) is 0. The lowest BCUT2D eigenvalue weighted by Crippen LogP contribution is -2.33. The molecule has 0 saturated carbocycles. The SMILES string of the molecule is CCC1c2cccc(F)c2CCC1N. The zero-order chi connectivity index (χ0) is 10.1. The van der Waals surface area contributed by atoms with Gasteiger partial charge >= 0.3 is 0 Å². The topological polar surface area (TPSA) is 26.0 Å². The number of hydrogen-bond donors (Lipinski definition) is 1. The first kappa shape index (κ1) is 9.66. The molecule has 2 atom stereocenters. The monoisotopic (exact) mass is 193 g/mol. The van der Waals surface area contributed by atoms with Crippen molar-refractivity contribution in [3.05, 3.63) is 35.1 Å². The second-order valence-corrected chi connectivity index (χ2v) is 4.02. The molecule has 1 aromatic carbocycles. The molecule has 0 amide bonds. The van der Waals surface area contributed by atoms with E-state index in [2.05, 4.69) is 6.92 Å². The summed E-state index contributed by atoms with van der Waals surface area (Å²) in [5.41, 5.74) is 8.05. The zero-order valence-electron chi connectivity index (χ0n) is 8.46. The van der Waals surface area contributed by atoms with Crippen molar-refractivity contribution in [2.24, 2.45) is 5.73 Å². The molecule has 0 aliphatic heterocycles. The van der Waals surface area contributed by atoms with Crippen LogP contribution in [0.15, 0.2) is 18.2 Å². The highest BCUT2D eigenvalue weighted by Gasteiger charge is 2.26. The Bertz CT molecular complexity index is 335. The van der Waals surface area contributed by atoms with Crippen molar-refractivity contribution in [1.29, 1.82) is 0 Å². The fourth-order valence-electron chi connectivity index (χ4n) is 2.45. The largest absolute Gasteiger partial charge is 0.327 e. The fraction of sp³-hybridized carbons (Fsp3) is 0.500. The molecule has 0 aromatic heterocycles. The second-order valence-electron chi connectivity index (χ2n) is 4.02. The third kappa shape index (κ3) is 1.44.